The molecule has 0 radical (unpaired) electrons. The van der Waals surface area contributed by atoms with Gasteiger partial charge in [-0.15, -0.1) is 0 Å². The summed E-state index contributed by atoms with van der Waals surface area (Å²) in [6.07, 6.45) is 1.84. The van der Waals surface area contributed by atoms with Gasteiger partial charge in [0.1, 0.15) is 0 Å². The average Bonchev–Trinajstić information content (AvgIpc) is 3.36. The molecule has 1 aromatic carbocycles. The third kappa shape index (κ3) is 4.40. The first-order valence-electron chi connectivity index (χ1n) is 8.22. The van der Waals surface area contributed by atoms with Gasteiger partial charge in [0, 0.05) is 18.2 Å². The van der Waals surface area contributed by atoms with Gasteiger partial charge in [-0.1, -0.05) is 6.92 Å². The topological polar surface area (TPSA) is 76.1 Å². The Kier molecular flexibility index (Phi) is 5.70. The van der Waals surface area contributed by atoms with E-state index in [-0.39, 0.29) is 24.6 Å². The minimum atomic E-state index is -0.897. The molecule has 1 unspecified atom stereocenters. The molecular formula is C18H25NO5. The van der Waals surface area contributed by atoms with Crippen molar-refractivity contribution in [3.05, 3.63) is 23.8 Å². The van der Waals surface area contributed by atoms with Crippen molar-refractivity contribution < 1.29 is 24.2 Å². The quantitative estimate of drug-likeness (QED) is 0.790. The summed E-state index contributed by atoms with van der Waals surface area (Å²) in [6, 6.07) is 5.21. The van der Waals surface area contributed by atoms with E-state index < -0.39 is 11.9 Å². The molecule has 0 aromatic heterocycles. The molecule has 24 heavy (non-hydrogen) atoms. The lowest BCUT2D eigenvalue weighted by Crippen LogP contribution is -2.38. The van der Waals surface area contributed by atoms with Crippen LogP contribution in [-0.2, 0) is 4.79 Å². The van der Waals surface area contributed by atoms with Crippen LogP contribution in [0.5, 0.6) is 11.5 Å². The molecule has 1 aliphatic carbocycles. The fraction of sp³-hybridized carbons (Fsp3) is 0.556. The number of carbonyl (C=O) groups is 2. The molecule has 1 atom stereocenters. The monoisotopic (exact) mass is 335 g/mol. The molecule has 1 amide bonds. The maximum atomic E-state index is 12.8. The van der Waals surface area contributed by atoms with E-state index in [4.69, 9.17) is 14.6 Å². The third-order valence-corrected chi connectivity index (χ3v) is 3.91. The molecule has 132 valence electrons. The summed E-state index contributed by atoms with van der Waals surface area (Å²) in [7, 11) is 1.53. The fourth-order valence-electron chi connectivity index (χ4n) is 2.47. The Hall–Kier alpha value is -2.24. The lowest BCUT2D eigenvalue weighted by atomic mass is 10.1. The van der Waals surface area contributed by atoms with Crippen LogP contribution in [0.15, 0.2) is 18.2 Å². The molecule has 0 bridgehead atoms. The fourth-order valence-corrected chi connectivity index (χ4v) is 2.47. The predicted octanol–water partition coefficient (Wildman–Crippen LogP) is 2.81. The Labute approximate surface area is 142 Å². The van der Waals surface area contributed by atoms with E-state index in [2.05, 4.69) is 0 Å². The zero-order chi connectivity index (χ0) is 17.9. The van der Waals surface area contributed by atoms with Crippen LogP contribution in [0.2, 0.25) is 0 Å². The Morgan fingerprint density at radius 1 is 1.25 bits per heavy atom. The summed E-state index contributed by atoms with van der Waals surface area (Å²) in [6.45, 7) is 5.66. The number of benzene rings is 1. The minimum Gasteiger partial charge on any atom is -0.493 e. The van der Waals surface area contributed by atoms with Gasteiger partial charge in [-0.25, -0.2) is 0 Å². The van der Waals surface area contributed by atoms with E-state index in [1.54, 1.807) is 30.0 Å². The Balaban J connectivity index is 2.21. The highest BCUT2D eigenvalue weighted by molar-refractivity contribution is 5.95. The molecule has 0 aliphatic heterocycles. The molecule has 1 N–H and O–H groups in total. The molecule has 0 heterocycles. The normalized spacial score (nSPS) is 15.0. The van der Waals surface area contributed by atoms with Crippen molar-refractivity contribution >= 4 is 11.9 Å². The zero-order valence-electron chi connectivity index (χ0n) is 14.6. The minimum absolute atomic E-state index is 0.000157. The summed E-state index contributed by atoms with van der Waals surface area (Å²) < 4.78 is 11.0. The molecule has 0 spiro atoms. The second-order valence-electron chi connectivity index (χ2n) is 6.46. The SMILES string of the molecule is COc1cc(C(=O)N(CC(C)C(=O)O)C2CC2)ccc1OC(C)C. The van der Waals surface area contributed by atoms with Crippen LogP contribution in [0.4, 0.5) is 0 Å². The van der Waals surface area contributed by atoms with Gasteiger partial charge < -0.3 is 19.5 Å². The molecule has 1 aromatic rings. The number of methoxy groups -OCH3 is 1. The molecular weight excluding hydrogens is 310 g/mol. The van der Waals surface area contributed by atoms with Gasteiger partial charge in [-0.2, -0.15) is 0 Å². The molecule has 1 aliphatic rings. The van der Waals surface area contributed by atoms with Crippen molar-refractivity contribution in [2.24, 2.45) is 5.92 Å². The van der Waals surface area contributed by atoms with Crippen molar-refractivity contribution in [3.8, 4) is 11.5 Å². The number of carboxylic acids is 1. The van der Waals surface area contributed by atoms with Crippen molar-refractivity contribution in [1.29, 1.82) is 0 Å². The largest absolute Gasteiger partial charge is 0.493 e. The lowest BCUT2D eigenvalue weighted by molar-refractivity contribution is -0.141. The number of hydrogen-bond acceptors (Lipinski definition) is 4. The molecule has 6 heteroatoms. The average molecular weight is 335 g/mol. The van der Waals surface area contributed by atoms with Crippen molar-refractivity contribution in [2.75, 3.05) is 13.7 Å². The summed E-state index contributed by atoms with van der Waals surface area (Å²) in [5.74, 6) is -0.579. The number of amides is 1. The van der Waals surface area contributed by atoms with E-state index in [0.29, 0.717) is 17.1 Å². The predicted molar refractivity (Wildman–Crippen MR) is 89.6 cm³/mol. The molecule has 6 nitrogen and oxygen atoms in total. The number of carbonyl (C=O) groups excluding carboxylic acids is 1. The Morgan fingerprint density at radius 2 is 1.92 bits per heavy atom. The van der Waals surface area contributed by atoms with Crippen molar-refractivity contribution in [1.82, 2.24) is 4.90 Å². The van der Waals surface area contributed by atoms with Crippen molar-refractivity contribution in [2.45, 2.75) is 45.8 Å². The van der Waals surface area contributed by atoms with E-state index in [1.165, 1.54) is 7.11 Å². The van der Waals surface area contributed by atoms with Gasteiger partial charge in [0.15, 0.2) is 11.5 Å². The molecule has 1 saturated carbocycles. The van der Waals surface area contributed by atoms with Gasteiger partial charge in [-0.3, -0.25) is 9.59 Å². The van der Waals surface area contributed by atoms with Crippen LogP contribution < -0.4 is 9.47 Å². The van der Waals surface area contributed by atoms with Crippen LogP contribution in [0.25, 0.3) is 0 Å². The van der Waals surface area contributed by atoms with Crippen LogP contribution in [0.1, 0.15) is 44.0 Å². The van der Waals surface area contributed by atoms with Crippen LogP contribution in [0, 0.1) is 5.92 Å². The number of rotatable bonds is 8. The van der Waals surface area contributed by atoms with Crippen LogP contribution >= 0.6 is 0 Å². The van der Waals surface area contributed by atoms with Gasteiger partial charge in [-0.05, 0) is 44.9 Å². The van der Waals surface area contributed by atoms with E-state index in [1.807, 2.05) is 13.8 Å². The number of hydrogen-bond donors (Lipinski definition) is 1. The third-order valence-electron chi connectivity index (χ3n) is 3.91. The van der Waals surface area contributed by atoms with Gasteiger partial charge >= 0.3 is 5.97 Å². The maximum absolute atomic E-state index is 12.8. The molecule has 1 fully saturated rings. The smallest absolute Gasteiger partial charge is 0.308 e. The highest BCUT2D eigenvalue weighted by Gasteiger charge is 2.35. The summed E-state index contributed by atoms with van der Waals surface area (Å²) in [4.78, 5) is 25.6. The second kappa shape index (κ2) is 7.55. The molecule has 2 rings (SSSR count). The van der Waals surface area contributed by atoms with Crippen molar-refractivity contribution in [3.63, 3.8) is 0 Å². The van der Waals surface area contributed by atoms with Gasteiger partial charge in [0.2, 0.25) is 0 Å². The Bertz CT molecular complexity index is 609. The zero-order valence-corrected chi connectivity index (χ0v) is 14.6. The van der Waals surface area contributed by atoms with E-state index in [0.717, 1.165) is 12.8 Å². The van der Waals surface area contributed by atoms with Crippen LogP contribution in [-0.4, -0.2) is 47.7 Å². The number of aliphatic carboxylic acids is 1. The van der Waals surface area contributed by atoms with E-state index in [9.17, 15) is 9.59 Å². The summed E-state index contributed by atoms with van der Waals surface area (Å²) >= 11 is 0. The Morgan fingerprint density at radius 3 is 2.42 bits per heavy atom. The lowest BCUT2D eigenvalue weighted by Gasteiger charge is -2.25. The first-order valence-corrected chi connectivity index (χ1v) is 8.22. The number of carboxylic acid groups (broad SMARTS) is 1. The van der Waals surface area contributed by atoms with Gasteiger partial charge in [0.25, 0.3) is 5.91 Å². The highest BCUT2D eigenvalue weighted by Crippen LogP contribution is 2.32. The first-order chi connectivity index (χ1) is 11.3. The number of ether oxygens (including phenoxy) is 2. The first kappa shape index (κ1) is 18.1. The summed E-state index contributed by atoms with van der Waals surface area (Å²) in [5.41, 5.74) is 0.479. The van der Waals surface area contributed by atoms with E-state index >= 15 is 0 Å². The molecule has 0 saturated heterocycles. The second-order valence-corrected chi connectivity index (χ2v) is 6.46. The van der Waals surface area contributed by atoms with Gasteiger partial charge in [0.05, 0.1) is 19.1 Å². The van der Waals surface area contributed by atoms with Crippen LogP contribution in [0.3, 0.4) is 0 Å². The maximum Gasteiger partial charge on any atom is 0.308 e. The highest BCUT2D eigenvalue weighted by atomic mass is 16.5. The standard InChI is InChI=1S/C18H25NO5/c1-11(2)24-15-8-5-13(9-16(15)23-4)17(20)19(14-6-7-14)10-12(3)18(21)22/h5,8-9,11-12,14H,6-7,10H2,1-4H3,(H,21,22). The number of nitrogens with zero attached hydrogens (tertiary/aromatic N) is 1. The summed E-state index contributed by atoms with van der Waals surface area (Å²) in [5, 5.41) is 9.11.